The van der Waals surface area contributed by atoms with E-state index in [0.29, 0.717) is 0 Å². The number of benzene rings is 20. The highest BCUT2D eigenvalue weighted by molar-refractivity contribution is 6.00. The summed E-state index contributed by atoms with van der Waals surface area (Å²) < 4.78 is 0. The van der Waals surface area contributed by atoms with Crippen LogP contribution in [0, 0.1) is 0 Å². The Morgan fingerprint density at radius 1 is 0.0744 bits per heavy atom. The highest BCUT2D eigenvalue weighted by Gasteiger charge is 2.52. The van der Waals surface area contributed by atoms with Gasteiger partial charge in [-0.05, 0) is 269 Å². The zero-order valence-corrected chi connectivity index (χ0v) is 66.4. The Bertz CT molecular complexity index is 6480. The lowest BCUT2D eigenvalue weighted by Crippen LogP contribution is -2.26. The number of hydrogen-bond acceptors (Lipinski definition) is 0. The first kappa shape index (κ1) is 69.7. The van der Waals surface area contributed by atoms with Gasteiger partial charge in [0.25, 0.3) is 0 Å². The second-order valence-corrected chi connectivity index (χ2v) is 33.0. The lowest BCUT2D eigenvalue weighted by molar-refractivity contribution is 0.795. The first-order chi connectivity index (χ1) is 59.8. The van der Waals surface area contributed by atoms with Gasteiger partial charge in [0, 0.05) is 0 Å². The highest BCUT2D eigenvalue weighted by atomic mass is 14.5. The van der Waals surface area contributed by atoms with Crippen molar-refractivity contribution < 1.29 is 0 Å². The fourth-order valence-corrected chi connectivity index (χ4v) is 19.6. The number of hydrogen-bond donors (Lipinski definition) is 0. The minimum absolute atomic E-state index is 0.739. The van der Waals surface area contributed by atoms with E-state index in [2.05, 4.69) is 461 Å². The third-order valence-electron chi connectivity index (χ3n) is 26.4. The van der Waals surface area contributed by atoms with Crippen molar-refractivity contribution in [1.29, 1.82) is 0 Å². The largest absolute Gasteiger partial charge is 0.0726 e. The molecule has 0 N–H and O–H groups in total. The fourth-order valence-electron chi connectivity index (χ4n) is 19.6. The molecule has 0 atom stereocenters. The Kier molecular flexibility index (Phi) is 16.3. The van der Waals surface area contributed by atoms with E-state index in [0.717, 1.165) is 0 Å². The normalized spacial score (nSPS) is 12.4. The molecule has 0 amide bonds. The lowest BCUT2D eigenvalue weighted by atomic mass is 9.69. The van der Waals surface area contributed by atoms with Crippen molar-refractivity contribution >= 4 is 0 Å². The van der Waals surface area contributed by atoms with E-state index in [1.165, 1.54) is 245 Å². The van der Waals surface area contributed by atoms with Crippen LogP contribution in [0.1, 0.15) is 22.3 Å². The molecule has 121 heavy (non-hydrogen) atoms. The summed E-state index contributed by atoms with van der Waals surface area (Å²) in [5.41, 5.74) is 52.1. The minimum Gasteiger partial charge on any atom is -0.0538 e. The Morgan fingerprint density at radius 2 is 0.140 bits per heavy atom. The van der Waals surface area contributed by atoms with Crippen molar-refractivity contribution in [3.05, 3.63) is 483 Å². The molecule has 0 heteroatoms. The van der Waals surface area contributed by atoms with E-state index in [9.17, 15) is 0 Å². The molecule has 0 nitrogen and oxygen atoms in total. The molecular weight excluding hydrogens is 1450 g/mol. The summed E-state index contributed by atoms with van der Waals surface area (Å²) >= 11 is 0. The topological polar surface area (TPSA) is 0 Å². The van der Waals surface area contributed by atoms with Crippen molar-refractivity contribution in [2.75, 3.05) is 0 Å². The van der Waals surface area contributed by atoms with Gasteiger partial charge in [-0.25, -0.2) is 0 Å². The average molecular weight is 1530 g/mol. The Labute approximate surface area is 706 Å². The summed E-state index contributed by atoms with van der Waals surface area (Å²) in [6.07, 6.45) is 0. The van der Waals surface area contributed by atoms with Crippen LogP contribution in [0.15, 0.2) is 461 Å². The number of fused-ring (bicyclic) bond motifs is 4. The van der Waals surface area contributed by atoms with Gasteiger partial charge in [0.1, 0.15) is 0 Å². The summed E-state index contributed by atoms with van der Waals surface area (Å²) in [5, 5.41) is 0. The molecule has 0 saturated carbocycles. The van der Waals surface area contributed by atoms with E-state index in [-0.39, 0.29) is 0 Å². The van der Waals surface area contributed by atoms with Gasteiger partial charge in [-0.3, -0.25) is 0 Å². The van der Waals surface area contributed by atoms with E-state index < -0.39 is 5.41 Å². The van der Waals surface area contributed by atoms with Crippen LogP contribution in [0.4, 0.5) is 0 Å². The third kappa shape index (κ3) is 12.1. The smallest absolute Gasteiger partial charge is 0.0538 e. The summed E-state index contributed by atoms with van der Waals surface area (Å²) in [5.74, 6) is 0. The summed E-state index contributed by atoms with van der Waals surface area (Å²) in [4.78, 5) is 0. The molecule has 20 aromatic carbocycles. The minimum atomic E-state index is -0.739. The molecule has 0 fully saturated rings. The average Bonchev–Trinajstić information content (AvgIpc) is 1.50. The van der Waals surface area contributed by atoms with Crippen LogP contribution in [0.2, 0.25) is 0 Å². The molecule has 56 rings (SSSR count). The van der Waals surface area contributed by atoms with Crippen LogP contribution in [0.25, 0.3) is 223 Å². The molecule has 0 heterocycles. The summed E-state index contributed by atoms with van der Waals surface area (Å²) in [6.45, 7) is 0. The van der Waals surface area contributed by atoms with E-state index >= 15 is 0 Å². The Balaban J connectivity index is 0.644. The SMILES string of the molecule is c1cc2ccc1-c1ccc(cc1)-c1ccc(cc1)-c1ccc(cc1)-c1ccc(cc1)-c1ccc3c(c1)C14c5cc(ccc5-c5ccc(cc51)-c1ccc(cc1)-c1ccc(cc1)-c1ccc(cc1)-c1ccc(cc1)-c1ccc(cc1)-c1ccc(cc1)-c1ccc(cc1)-c1ccc(cc1)-c1ccc-3c4c1)-c1ccc(cc1)-c1ccc(cc1)-c1ccc-2cc1. The van der Waals surface area contributed by atoms with Crippen LogP contribution < -0.4 is 0 Å². The molecule has 36 aliphatic rings. The monoisotopic (exact) mass is 1530 g/mol. The molecule has 0 radical (unpaired) electrons. The van der Waals surface area contributed by atoms with Gasteiger partial charge in [0.05, 0.1) is 5.41 Å². The van der Waals surface area contributed by atoms with Crippen molar-refractivity contribution in [3.8, 4) is 223 Å². The zero-order valence-electron chi connectivity index (χ0n) is 66.4. The molecule has 36 aliphatic carbocycles. The van der Waals surface area contributed by atoms with Crippen LogP contribution in [0.5, 0.6) is 0 Å². The van der Waals surface area contributed by atoms with E-state index in [4.69, 9.17) is 0 Å². The highest BCUT2D eigenvalue weighted by Crippen LogP contribution is 2.65. The first-order valence-corrected chi connectivity index (χ1v) is 42.1. The van der Waals surface area contributed by atoms with Crippen molar-refractivity contribution in [3.63, 3.8) is 0 Å². The van der Waals surface area contributed by atoms with Gasteiger partial charge in [0.15, 0.2) is 0 Å². The molecule has 0 unspecified atom stereocenters. The second-order valence-electron chi connectivity index (χ2n) is 33.0. The van der Waals surface area contributed by atoms with Crippen LogP contribution in [-0.2, 0) is 5.41 Å². The zero-order chi connectivity index (χ0) is 79.6. The summed E-state index contributed by atoms with van der Waals surface area (Å²) in [7, 11) is 0. The quantitative estimate of drug-likeness (QED) is 0.142. The summed E-state index contributed by atoms with van der Waals surface area (Å²) in [6, 6.07) is 174. The first-order valence-electron chi connectivity index (χ1n) is 42.1. The lowest BCUT2D eigenvalue weighted by Gasteiger charge is -2.32. The van der Waals surface area contributed by atoms with Crippen molar-refractivity contribution in [2.45, 2.75) is 5.41 Å². The van der Waals surface area contributed by atoms with E-state index in [1.54, 1.807) is 0 Å². The maximum Gasteiger partial charge on any atom is 0.0726 e. The Morgan fingerprint density at radius 3 is 0.223 bits per heavy atom. The van der Waals surface area contributed by atoms with Gasteiger partial charge in [-0.15, -0.1) is 0 Å². The molecule has 0 saturated heterocycles. The van der Waals surface area contributed by atoms with Crippen molar-refractivity contribution in [1.82, 2.24) is 0 Å². The van der Waals surface area contributed by atoms with Gasteiger partial charge in [-0.1, -0.05) is 437 Å². The standard InChI is InChI=1S/C121H76/c1-9-81-10-2-77(1)78-3-11-82(12-4-78)86-19-27-90(28-20-86)94-35-43-98(44-36-94)102-51-59-106(60-52-102)110-66-70-115-116-72-68-112-76-120(116)121(118(115)74-110)117-73-109(105-57-49-101(50-58-105)97-41-33-93(34-42-97)89-25-17-85(81)18-26-89)65-69-113(117)114-71-67-111(75-119(114)121)107-61-53-103(54-62-107)99-45-37-95(38-46-99)91-29-21-87(22-30-91)83-13-5-79(6-14-83)80-7-15-84(16-8-80)88-23-31-92(32-24-88)96-39-47-100(48-40-96)104-55-63-108(112)64-56-104/h1-76H. The van der Waals surface area contributed by atoms with Gasteiger partial charge in [0.2, 0.25) is 0 Å². The molecule has 40 bridgehead atoms. The Hall–Kier alpha value is -15.6. The second kappa shape index (κ2) is 28.4. The maximum atomic E-state index is 2.54. The molecule has 20 aromatic rings. The predicted molar refractivity (Wildman–Crippen MR) is 508 cm³/mol. The number of rotatable bonds is 0. The van der Waals surface area contributed by atoms with Gasteiger partial charge < -0.3 is 0 Å². The van der Waals surface area contributed by atoms with Gasteiger partial charge in [-0.2, -0.15) is 0 Å². The van der Waals surface area contributed by atoms with Crippen LogP contribution in [0.3, 0.4) is 0 Å². The molecule has 0 aliphatic heterocycles. The maximum absolute atomic E-state index is 2.54. The molecule has 1 spiro atoms. The fraction of sp³-hybridized carbons (Fsp3) is 0.00826. The predicted octanol–water partition coefficient (Wildman–Crippen LogP) is 32.7. The molecule has 560 valence electrons. The van der Waals surface area contributed by atoms with Crippen molar-refractivity contribution in [2.24, 2.45) is 0 Å². The van der Waals surface area contributed by atoms with Crippen LogP contribution >= 0.6 is 0 Å². The van der Waals surface area contributed by atoms with Crippen LogP contribution in [-0.4, -0.2) is 0 Å². The van der Waals surface area contributed by atoms with Gasteiger partial charge >= 0.3 is 0 Å². The molecule has 0 aromatic heterocycles. The molecular formula is C121H76. The van der Waals surface area contributed by atoms with E-state index in [1.807, 2.05) is 0 Å². The third-order valence-corrected chi connectivity index (χ3v) is 26.4.